The molecule has 12 heteroatoms. The number of aromatic amines is 1. The average molecular weight is 529 g/mol. The van der Waals surface area contributed by atoms with Gasteiger partial charge in [0, 0.05) is 17.1 Å². The molecule has 0 amide bonds. The van der Waals surface area contributed by atoms with Gasteiger partial charge in [0.1, 0.15) is 24.2 Å². The van der Waals surface area contributed by atoms with E-state index >= 15 is 0 Å². The van der Waals surface area contributed by atoms with E-state index in [1.165, 1.54) is 28.5 Å². The van der Waals surface area contributed by atoms with Crippen LogP contribution in [-0.4, -0.2) is 48.2 Å². The van der Waals surface area contributed by atoms with Crippen molar-refractivity contribution in [3.63, 3.8) is 0 Å². The summed E-state index contributed by atoms with van der Waals surface area (Å²) in [6.07, 6.45) is 0.370. The Labute approximate surface area is 201 Å². The molecule has 1 atom stereocenters. The quantitative estimate of drug-likeness (QED) is 0.201. The number of hydrogen-bond acceptors (Lipinski definition) is 8. The summed E-state index contributed by atoms with van der Waals surface area (Å²) >= 11 is 3.33. The Balaban J connectivity index is 1.64. The molecule has 0 radical (unpaired) electrons. The number of H-pyrrole nitrogens is 1. The lowest BCUT2D eigenvalue weighted by atomic mass is 10.2. The monoisotopic (exact) mass is 528 g/mol. The van der Waals surface area contributed by atoms with Gasteiger partial charge in [0.05, 0.1) is 12.8 Å². The number of phenols is 1. The third-order valence-electron chi connectivity index (χ3n) is 4.94. The number of hydrazone groups is 1. The van der Waals surface area contributed by atoms with Crippen molar-refractivity contribution in [3.05, 3.63) is 79.4 Å². The summed E-state index contributed by atoms with van der Waals surface area (Å²) < 4.78 is 8.96. The number of phenolic OH excluding ortho intramolecular Hbond substituents is 1. The second-order valence-corrected chi connectivity index (χ2v) is 8.30. The van der Waals surface area contributed by atoms with Crippen LogP contribution < -0.4 is 21.4 Å². The van der Waals surface area contributed by atoms with Crippen molar-refractivity contribution in [2.75, 3.05) is 12.0 Å². The molecule has 0 aliphatic rings. The molecule has 0 fully saturated rings. The summed E-state index contributed by atoms with van der Waals surface area (Å²) in [6.45, 7) is -0.105. The minimum Gasteiger partial charge on any atom is -0.507 e. The second kappa shape index (κ2) is 9.93. The maximum absolute atomic E-state index is 12.6. The van der Waals surface area contributed by atoms with Gasteiger partial charge in [-0.15, -0.1) is 0 Å². The molecule has 0 bridgehead atoms. The zero-order valence-electron chi connectivity index (χ0n) is 18.0. The number of aliphatic hydroxyl groups excluding tert-OH is 1. The van der Waals surface area contributed by atoms with Crippen molar-refractivity contribution in [1.82, 2.24) is 19.1 Å². The number of nitrogens with zero attached hydrogens (tertiary/aromatic N) is 4. The van der Waals surface area contributed by atoms with Crippen LogP contribution in [0, 0.1) is 0 Å². The van der Waals surface area contributed by atoms with Gasteiger partial charge in [0.15, 0.2) is 11.2 Å². The maximum Gasteiger partial charge on any atom is 0.329 e. The van der Waals surface area contributed by atoms with E-state index in [-0.39, 0.29) is 36.0 Å². The van der Waals surface area contributed by atoms with Crippen LogP contribution in [0.3, 0.4) is 0 Å². The number of aromatic hydroxyl groups is 1. The standard InChI is InChI=1S/C22H21BrN6O5/c1-28-19-18(20(32)26-22(28)33)29(11-15(30)12-34-16-5-3-2-4-6-16)21(25-19)27-24-10-13-9-14(23)7-8-17(13)31/h2-10,15,30-31H,11-12H2,1H3,(H,25,27)(H,26,32,33). The Hall–Kier alpha value is -3.90. The minimum atomic E-state index is -1.01. The summed E-state index contributed by atoms with van der Waals surface area (Å²) in [7, 11) is 1.47. The van der Waals surface area contributed by atoms with Gasteiger partial charge in [-0.2, -0.15) is 10.1 Å². The zero-order chi connectivity index (χ0) is 24.2. The highest BCUT2D eigenvalue weighted by Gasteiger charge is 2.20. The minimum absolute atomic E-state index is 0.0228. The van der Waals surface area contributed by atoms with Crippen LogP contribution in [0.1, 0.15) is 5.56 Å². The van der Waals surface area contributed by atoms with E-state index in [1.807, 2.05) is 18.2 Å². The maximum atomic E-state index is 12.6. The van der Waals surface area contributed by atoms with Gasteiger partial charge in [-0.3, -0.25) is 14.3 Å². The number of aliphatic hydroxyl groups is 1. The summed E-state index contributed by atoms with van der Waals surface area (Å²) in [6, 6.07) is 13.9. The van der Waals surface area contributed by atoms with E-state index in [2.05, 4.69) is 36.4 Å². The number of anilines is 1. The summed E-state index contributed by atoms with van der Waals surface area (Å²) in [5.74, 6) is 0.731. The van der Waals surface area contributed by atoms with Crippen LogP contribution >= 0.6 is 15.9 Å². The third kappa shape index (κ3) is 5.02. The first-order valence-electron chi connectivity index (χ1n) is 10.2. The number of nitrogens with one attached hydrogen (secondary N) is 2. The molecule has 2 aromatic carbocycles. The van der Waals surface area contributed by atoms with Crippen LogP contribution in [-0.2, 0) is 13.6 Å². The summed E-state index contributed by atoms with van der Waals surface area (Å²) in [5, 5.41) is 24.7. The number of ether oxygens (including phenoxy) is 1. The first-order valence-corrected chi connectivity index (χ1v) is 11.0. The molecule has 34 heavy (non-hydrogen) atoms. The predicted octanol–water partition coefficient (Wildman–Crippen LogP) is 1.78. The smallest absolute Gasteiger partial charge is 0.329 e. The van der Waals surface area contributed by atoms with Gasteiger partial charge in [0.2, 0.25) is 5.95 Å². The molecule has 0 aliphatic carbocycles. The summed E-state index contributed by atoms with van der Waals surface area (Å²) in [5.41, 5.74) is 2.10. The van der Waals surface area contributed by atoms with Gasteiger partial charge in [-0.05, 0) is 30.3 Å². The molecule has 0 saturated carbocycles. The molecule has 1 unspecified atom stereocenters. The van der Waals surface area contributed by atoms with Crippen molar-refractivity contribution in [3.8, 4) is 11.5 Å². The van der Waals surface area contributed by atoms with E-state index in [9.17, 15) is 19.8 Å². The van der Waals surface area contributed by atoms with Gasteiger partial charge in [-0.1, -0.05) is 34.1 Å². The second-order valence-electron chi connectivity index (χ2n) is 7.39. The van der Waals surface area contributed by atoms with E-state index in [4.69, 9.17) is 4.74 Å². The molecule has 0 aliphatic heterocycles. The van der Waals surface area contributed by atoms with E-state index < -0.39 is 17.4 Å². The largest absolute Gasteiger partial charge is 0.507 e. The molecule has 4 N–H and O–H groups in total. The fourth-order valence-electron chi connectivity index (χ4n) is 3.26. The van der Waals surface area contributed by atoms with Crippen LogP contribution in [0.4, 0.5) is 5.95 Å². The van der Waals surface area contributed by atoms with E-state index in [0.29, 0.717) is 11.3 Å². The Kier molecular flexibility index (Phi) is 6.80. The lowest BCUT2D eigenvalue weighted by Crippen LogP contribution is -2.30. The molecule has 0 saturated heterocycles. The number of para-hydroxylation sites is 1. The first kappa shape index (κ1) is 23.3. The Morgan fingerprint density at radius 3 is 2.79 bits per heavy atom. The van der Waals surface area contributed by atoms with Gasteiger partial charge in [0.25, 0.3) is 5.56 Å². The van der Waals surface area contributed by atoms with Gasteiger partial charge >= 0.3 is 5.69 Å². The number of aromatic nitrogens is 4. The molecule has 176 valence electrons. The number of rotatable bonds is 8. The lowest BCUT2D eigenvalue weighted by molar-refractivity contribution is 0.0938. The molecule has 2 heterocycles. The van der Waals surface area contributed by atoms with Crippen LogP contribution in [0.15, 0.2) is 67.7 Å². The molecule has 4 aromatic rings. The van der Waals surface area contributed by atoms with Crippen molar-refractivity contribution in [2.24, 2.45) is 12.1 Å². The highest BCUT2D eigenvalue weighted by molar-refractivity contribution is 9.10. The number of hydrogen-bond donors (Lipinski definition) is 4. The third-order valence-corrected chi connectivity index (χ3v) is 5.44. The molecule has 4 rings (SSSR count). The van der Waals surface area contributed by atoms with E-state index in [0.717, 1.165) is 4.47 Å². The van der Waals surface area contributed by atoms with Crippen molar-refractivity contribution >= 4 is 39.3 Å². The number of halogens is 1. The lowest BCUT2D eigenvalue weighted by Gasteiger charge is -2.15. The number of benzene rings is 2. The fourth-order valence-corrected chi connectivity index (χ4v) is 3.64. The average Bonchev–Trinajstić information content (AvgIpc) is 3.18. The van der Waals surface area contributed by atoms with Crippen LogP contribution in [0.5, 0.6) is 11.5 Å². The molecule has 0 spiro atoms. The van der Waals surface area contributed by atoms with E-state index in [1.54, 1.807) is 24.3 Å². The molecular weight excluding hydrogens is 508 g/mol. The van der Waals surface area contributed by atoms with Crippen molar-refractivity contribution in [2.45, 2.75) is 12.6 Å². The zero-order valence-corrected chi connectivity index (χ0v) is 19.6. The molecule has 11 nitrogen and oxygen atoms in total. The Morgan fingerprint density at radius 1 is 1.26 bits per heavy atom. The SMILES string of the molecule is Cn1c(=O)[nH]c(=O)c2c1nc(NN=Cc1cc(Br)ccc1O)n2CC(O)COc1ccccc1. The summed E-state index contributed by atoms with van der Waals surface area (Å²) in [4.78, 5) is 31.2. The molecular formula is C22H21BrN6O5. The number of imidazole rings is 1. The number of aryl methyl sites for hydroxylation is 1. The molecule has 2 aromatic heterocycles. The van der Waals surface area contributed by atoms with Crippen LogP contribution in [0.25, 0.3) is 11.2 Å². The normalized spacial score (nSPS) is 12.3. The van der Waals surface area contributed by atoms with Gasteiger partial charge in [-0.25, -0.2) is 10.2 Å². The Bertz CT molecular complexity index is 1460. The topological polar surface area (TPSA) is 147 Å². The van der Waals surface area contributed by atoms with Crippen molar-refractivity contribution < 1.29 is 14.9 Å². The highest BCUT2D eigenvalue weighted by Crippen LogP contribution is 2.21. The van der Waals surface area contributed by atoms with Crippen LogP contribution in [0.2, 0.25) is 0 Å². The van der Waals surface area contributed by atoms with Gasteiger partial charge < -0.3 is 19.5 Å². The predicted molar refractivity (Wildman–Crippen MR) is 131 cm³/mol. The highest BCUT2D eigenvalue weighted by atomic mass is 79.9. The van der Waals surface area contributed by atoms with Crippen molar-refractivity contribution in [1.29, 1.82) is 0 Å². The number of fused-ring (bicyclic) bond motifs is 1. The Morgan fingerprint density at radius 2 is 2.03 bits per heavy atom. The fraction of sp³-hybridized carbons (Fsp3) is 0.182. The first-order chi connectivity index (χ1) is 16.3.